The van der Waals surface area contributed by atoms with E-state index in [4.69, 9.17) is 9.72 Å². The quantitative estimate of drug-likeness (QED) is 0.850. The lowest BCUT2D eigenvalue weighted by molar-refractivity contribution is 0.0388. The van der Waals surface area contributed by atoms with Crippen molar-refractivity contribution in [1.29, 1.82) is 0 Å². The lowest BCUT2D eigenvalue weighted by atomic mass is 10.1. The number of ether oxygens (including phenoxy) is 1. The number of rotatable bonds is 3. The molecule has 0 unspecified atom stereocenters. The molecule has 2 heterocycles. The summed E-state index contributed by atoms with van der Waals surface area (Å²) in [5.41, 5.74) is 1.13. The first-order chi connectivity index (χ1) is 8.85. The molecule has 1 aromatic carbocycles. The van der Waals surface area contributed by atoms with Gasteiger partial charge in [-0.1, -0.05) is 12.1 Å². The Morgan fingerprint density at radius 3 is 2.83 bits per heavy atom. The number of likely N-dealkylation sites (tertiary alicyclic amines) is 1. The molecular weight excluding hydrogens is 244 g/mol. The molecule has 1 aliphatic heterocycles. The topological polar surface area (TPSA) is 25.4 Å². The molecule has 96 valence electrons. The number of nitrogens with zero attached hydrogens (tertiary/aromatic N) is 2. The number of methoxy groups -OCH3 is 1. The second-order valence-corrected chi connectivity index (χ2v) is 5.90. The van der Waals surface area contributed by atoms with Gasteiger partial charge in [-0.25, -0.2) is 4.98 Å². The number of benzene rings is 1. The fourth-order valence-electron chi connectivity index (χ4n) is 2.48. The first kappa shape index (κ1) is 12.1. The van der Waals surface area contributed by atoms with Crippen molar-refractivity contribution in [2.24, 2.45) is 0 Å². The van der Waals surface area contributed by atoms with E-state index in [9.17, 15) is 0 Å². The molecule has 0 radical (unpaired) electrons. The molecule has 4 heteroatoms. The molecule has 3 rings (SSSR count). The first-order valence-corrected chi connectivity index (χ1v) is 7.26. The third-order valence-electron chi connectivity index (χ3n) is 3.56. The van der Waals surface area contributed by atoms with Crippen LogP contribution >= 0.6 is 11.3 Å². The molecule has 3 nitrogen and oxygen atoms in total. The van der Waals surface area contributed by atoms with Crippen molar-refractivity contribution < 1.29 is 4.74 Å². The van der Waals surface area contributed by atoms with E-state index < -0.39 is 0 Å². The van der Waals surface area contributed by atoms with Gasteiger partial charge in [0.05, 0.1) is 22.9 Å². The highest BCUT2D eigenvalue weighted by Crippen LogP contribution is 2.24. The zero-order valence-electron chi connectivity index (χ0n) is 10.6. The Hall–Kier alpha value is -0.970. The summed E-state index contributed by atoms with van der Waals surface area (Å²) in [5, 5.41) is 1.23. The molecule has 1 fully saturated rings. The molecule has 0 spiro atoms. The van der Waals surface area contributed by atoms with E-state index in [-0.39, 0.29) is 0 Å². The predicted octanol–water partition coefficient (Wildman–Crippen LogP) is 2.91. The van der Waals surface area contributed by atoms with E-state index in [1.807, 2.05) is 18.4 Å². The lowest BCUT2D eigenvalue weighted by Crippen LogP contribution is -2.36. The summed E-state index contributed by atoms with van der Waals surface area (Å²) in [4.78, 5) is 7.17. The molecule has 1 aromatic heterocycles. The van der Waals surface area contributed by atoms with E-state index in [2.05, 4.69) is 29.2 Å². The normalized spacial score (nSPS) is 18.5. The Labute approximate surface area is 111 Å². The minimum Gasteiger partial charge on any atom is -0.381 e. The van der Waals surface area contributed by atoms with Gasteiger partial charge in [0.1, 0.15) is 5.01 Å². The van der Waals surface area contributed by atoms with Crippen LogP contribution in [0.4, 0.5) is 0 Å². The van der Waals surface area contributed by atoms with Crippen molar-refractivity contribution in [3.63, 3.8) is 0 Å². The number of thiazole rings is 1. The van der Waals surface area contributed by atoms with Crippen LogP contribution in [0.25, 0.3) is 10.2 Å². The fourth-order valence-corrected chi connectivity index (χ4v) is 3.49. The zero-order chi connectivity index (χ0) is 12.4. The number of hydrogen-bond donors (Lipinski definition) is 0. The summed E-state index contributed by atoms with van der Waals surface area (Å²) in [7, 11) is 1.81. The van der Waals surface area contributed by atoms with Crippen LogP contribution in [-0.2, 0) is 11.3 Å². The highest BCUT2D eigenvalue weighted by atomic mass is 32.1. The number of aromatic nitrogens is 1. The van der Waals surface area contributed by atoms with Crippen LogP contribution in [0.1, 0.15) is 17.8 Å². The number of para-hydroxylation sites is 1. The molecule has 1 saturated heterocycles. The van der Waals surface area contributed by atoms with E-state index >= 15 is 0 Å². The van der Waals surface area contributed by atoms with Gasteiger partial charge in [-0.2, -0.15) is 0 Å². The van der Waals surface area contributed by atoms with Gasteiger partial charge < -0.3 is 4.74 Å². The smallest absolute Gasteiger partial charge is 0.108 e. The molecule has 0 N–H and O–H groups in total. The molecule has 0 aliphatic carbocycles. The van der Waals surface area contributed by atoms with Gasteiger partial charge in [0.15, 0.2) is 0 Å². The Kier molecular flexibility index (Phi) is 3.59. The van der Waals surface area contributed by atoms with E-state index in [0.29, 0.717) is 6.10 Å². The van der Waals surface area contributed by atoms with E-state index in [1.165, 1.54) is 9.71 Å². The van der Waals surface area contributed by atoms with Crippen molar-refractivity contribution in [2.75, 3.05) is 20.2 Å². The standard InChI is InChI=1S/C14H18N2OS/c1-17-11-6-8-16(9-7-11)10-14-15-12-4-2-3-5-13(12)18-14/h2-5,11H,6-10H2,1H3. The molecule has 2 aromatic rings. The molecular formula is C14H18N2OS. The number of hydrogen-bond acceptors (Lipinski definition) is 4. The maximum absolute atomic E-state index is 5.40. The Bertz CT molecular complexity index is 484. The number of fused-ring (bicyclic) bond motifs is 1. The highest BCUT2D eigenvalue weighted by Gasteiger charge is 2.19. The summed E-state index contributed by atoms with van der Waals surface area (Å²) in [5.74, 6) is 0. The summed E-state index contributed by atoms with van der Waals surface area (Å²) >= 11 is 1.81. The van der Waals surface area contributed by atoms with Gasteiger partial charge in [-0.05, 0) is 25.0 Å². The minimum atomic E-state index is 0.455. The van der Waals surface area contributed by atoms with Crippen molar-refractivity contribution in [3.8, 4) is 0 Å². The molecule has 0 saturated carbocycles. The number of piperidine rings is 1. The Balaban J connectivity index is 1.66. The summed E-state index contributed by atoms with van der Waals surface area (Å²) in [6, 6.07) is 8.37. The van der Waals surface area contributed by atoms with Crippen molar-refractivity contribution in [3.05, 3.63) is 29.3 Å². The van der Waals surface area contributed by atoms with Crippen LogP contribution in [-0.4, -0.2) is 36.2 Å². The summed E-state index contributed by atoms with van der Waals surface area (Å²) in [6.07, 6.45) is 2.74. The lowest BCUT2D eigenvalue weighted by Gasteiger charge is -2.30. The molecule has 0 bridgehead atoms. The van der Waals surface area contributed by atoms with Gasteiger partial charge in [0, 0.05) is 20.2 Å². The summed E-state index contributed by atoms with van der Waals surface area (Å²) < 4.78 is 6.69. The van der Waals surface area contributed by atoms with Crippen LogP contribution < -0.4 is 0 Å². The van der Waals surface area contributed by atoms with Crippen LogP contribution in [0.5, 0.6) is 0 Å². The maximum Gasteiger partial charge on any atom is 0.108 e. The SMILES string of the molecule is COC1CCN(Cc2nc3ccccc3s2)CC1. The van der Waals surface area contributed by atoms with Crippen molar-refractivity contribution in [2.45, 2.75) is 25.5 Å². The second kappa shape index (κ2) is 5.34. The van der Waals surface area contributed by atoms with Crippen LogP contribution in [0, 0.1) is 0 Å². The third-order valence-corrected chi connectivity index (χ3v) is 4.59. The van der Waals surface area contributed by atoms with Gasteiger partial charge in [0.2, 0.25) is 0 Å². The first-order valence-electron chi connectivity index (χ1n) is 6.45. The predicted molar refractivity (Wildman–Crippen MR) is 74.9 cm³/mol. The van der Waals surface area contributed by atoms with Crippen molar-refractivity contribution >= 4 is 21.6 Å². The highest BCUT2D eigenvalue weighted by molar-refractivity contribution is 7.18. The Morgan fingerprint density at radius 2 is 2.11 bits per heavy atom. The fraction of sp³-hybridized carbons (Fsp3) is 0.500. The van der Waals surface area contributed by atoms with Crippen LogP contribution in [0.3, 0.4) is 0 Å². The van der Waals surface area contributed by atoms with Gasteiger partial charge in [-0.3, -0.25) is 4.90 Å². The van der Waals surface area contributed by atoms with Crippen LogP contribution in [0.2, 0.25) is 0 Å². The monoisotopic (exact) mass is 262 g/mol. The molecule has 0 amide bonds. The maximum atomic E-state index is 5.40. The minimum absolute atomic E-state index is 0.455. The molecule has 0 atom stereocenters. The van der Waals surface area contributed by atoms with E-state index in [0.717, 1.165) is 38.0 Å². The summed E-state index contributed by atoms with van der Waals surface area (Å²) in [6.45, 7) is 3.22. The van der Waals surface area contributed by atoms with Gasteiger partial charge in [-0.15, -0.1) is 11.3 Å². The van der Waals surface area contributed by atoms with Gasteiger partial charge in [0.25, 0.3) is 0 Å². The van der Waals surface area contributed by atoms with Gasteiger partial charge >= 0.3 is 0 Å². The molecule has 18 heavy (non-hydrogen) atoms. The average Bonchev–Trinajstić information content (AvgIpc) is 2.82. The molecule has 1 aliphatic rings. The largest absolute Gasteiger partial charge is 0.381 e. The second-order valence-electron chi connectivity index (χ2n) is 4.79. The zero-order valence-corrected chi connectivity index (χ0v) is 11.4. The average molecular weight is 262 g/mol. The Morgan fingerprint density at radius 1 is 1.33 bits per heavy atom. The third kappa shape index (κ3) is 2.55. The van der Waals surface area contributed by atoms with Crippen LogP contribution in [0.15, 0.2) is 24.3 Å². The van der Waals surface area contributed by atoms with Crippen molar-refractivity contribution in [1.82, 2.24) is 9.88 Å². The van der Waals surface area contributed by atoms with E-state index in [1.54, 1.807) is 0 Å².